The first kappa shape index (κ1) is 14.6. The Morgan fingerprint density at radius 3 is 2.95 bits per heavy atom. The molecule has 0 N–H and O–H groups in total. The van der Waals surface area contributed by atoms with Gasteiger partial charge in [0, 0.05) is 30.8 Å². The zero-order chi connectivity index (χ0) is 13.9. The van der Waals surface area contributed by atoms with Crippen molar-refractivity contribution in [3.05, 3.63) is 23.2 Å². The minimum Gasteiger partial charge on any atom is -0.610 e. The van der Waals surface area contributed by atoms with Crippen molar-refractivity contribution in [1.82, 2.24) is 9.88 Å². The Kier molecular flexibility index (Phi) is 4.80. The van der Waals surface area contributed by atoms with Gasteiger partial charge in [0.1, 0.15) is 5.75 Å². The van der Waals surface area contributed by atoms with Gasteiger partial charge in [0.25, 0.3) is 0 Å². The first-order chi connectivity index (χ1) is 9.74. The number of aromatic nitrogens is 1. The summed E-state index contributed by atoms with van der Waals surface area (Å²) in [7, 11) is 0. The fourth-order valence-electron chi connectivity index (χ4n) is 2.12. The van der Waals surface area contributed by atoms with E-state index in [0.29, 0.717) is 15.1 Å². The molecule has 0 radical (unpaired) electrons. The third-order valence-electron chi connectivity index (χ3n) is 3.24. The average Bonchev–Trinajstić information content (AvgIpc) is 2.91. The molecule has 1 aliphatic rings. The average molecular weight is 331 g/mol. The number of nitrogens with zero attached hydrogens (tertiary/aromatic N) is 2. The molecule has 0 amide bonds. The highest BCUT2D eigenvalue weighted by molar-refractivity contribution is 7.93. The SMILES string of the molecule is [O-][S+](CCN1CCOCC1)c1nc2cccc(Cl)c2s1. The smallest absolute Gasteiger partial charge is 0.302 e. The van der Waals surface area contributed by atoms with Crippen LogP contribution in [-0.4, -0.2) is 53.0 Å². The van der Waals surface area contributed by atoms with E-state index in [9.17, 15) is 4.55 Å². The highest BCUT2D eigenvalue weighted by Gasteiger charge is 2.20. The molecule has 2 heterocycles. The number of halogens is 1. The zero-order valence-corrected chi connectivity index (χ0v) is 13.3. The molecule has 1 atom stereocenters. The van der Waals surface area contributed by atoms with Crippen LogP contribution in [0.2, 0.25) is 5.02 Å². The highest BCUT2D eigenvalue weighted by Crippen LogP contribution is 2.31. The van der Waals surface area contributed by atoms with Gasteiger partial charge in [-0.05, 0) is 12.1 Å². The minimum atomic E-state index is -1.06. The lowest BCUT2D eigenvalue weighted by Crippen LogP contribution is -2.39. The van der Waals surface area contributed by atoms with Crippen LogP contribution < -0.4 is 0 Å². The molecule has 1 aromatic carbocycles. The molecular weight excluding hydrogens is 316 g/mol. The summed E-state index contributed by atoms with van der Waals surface area (Å²) in [6, 6.07) is 5.60. The lowest BCUT2D eigenvalue weighted by Gasteiger charge is -2.26. The van der Waals surface area contributed by atoms with Crippen LogP contribution in [-0.2, 0) is 15.9 Å². The van der Waals surface area contributed by atoms with Crippen molar-refractivity contribution in [2.75, 3.05) is 38.6 Å². The monoisotopic (exact) mass is 330 g/mol. The first-order valence-corrected chi connectivity index (χ1v) is 8.99. The summed E-state index contributed by atoms with van der Waals surface area (Å²) < 4.78 is 19.2. The van der Waals surface area contributed by atoms with Crippen molar-refractivity contribution in [2.24, 2.45) is 0 Å². The van der Waals surface area contributed by atoms with E-state index >= 15 is 0 Å². The third-order valence-corrected chi connectivity index (χ3v) is 6.41. The highest BCUT2D eigenvalue weighted by atomic mass is 35.5. The van der Waals surface area contributed by atoms with E-state index in [1.807, 2.05) is 18.2 Å². The number of rotatable bonds is 4. The second-order valence-electron chi connectivity index (χ2n) is 4.57. The molecule has 1 aliphatic heterocycles. The van der Waals surface area contributed by atoms with E-state index in [0.717, 1.165) is 43.1 Å². The van der Waals surface area contributed by atoms with Crippen LogP contribution in [0.25, 0.3) is 10.2 Å². The van der Waals surface area contributed by atoms with Crippen LogP contribution in [0.5, 0.6) is 0 Å². The molecular formula is C13H15ClN2O2S2. The van der Waals surface area contributed by atoms with Gasteiger partial charge in [0.05, 0.1) is 28.5 Å². The van der Waals surface area contributed by atoms with Gasteiger partial charge in [0.15, 0.2) is 0 Å². The molecule has 4 nitrogen and oxygen atoms in total. The fraction of sp³-hybridized carbons (Fsp3) is 0.462. The molecule has 0 saturated carbocycles. The largest absolute Gasteiger partial charge is 0.610 e. The van der Waals surface area contributed by atoms with Gasteiger partial charge < -0.3 is 9.29 Å². The molecule has 1 saturated heterocycles. The van der Waals surface area contributed by atoms with Crippen LogP contribution in [0.15, 0.2) is 22.5 Å². The molecule has 1 unspecified atom stereocenters. The number of fused-ring (bicyclic) bond motifs is 1. The number of morpholine rings is 1. The zero-order valence-electron chi connectivity index (χ0n) is 10.9. The van der Waals surface area contributed by atoms with Crippen molar-refractivity contribution in [3.8, 4) is 0 Å². The lowest BCUT2D eigenvalue weighted by atomic mass is 10.3. The Bertz CT molecular complexity index is 587. The molecule has 1 fully saturated rings. The molecule has 2 aromatic rings. The summed E-state index contributed by atoms with van der Waals surface area (Å²) in [6.07, 6.45) is 0. The first-order valence-electron chi connectivity index (χ1n) is 6.47. The summed E-state index contributed by atoms with van der Waals surface area (Å²) in [5.41, 5.74) is 0.831. The van der Waals surface area contributed by atoms with Crippen molar-refractivity contribution in [3.63, 3.8) is 0 Å². The predicted molar refractivity (Wildman–Crippen MR) is 83.2 cm³/mol. The number of hydrogen-bond donors (Lipinski definition) is 0. The number of benzene rings is 1. The van der Waals surface area contributed by atoms with Crippen LogP contribution in [0.3, 0.4) is 0 Å². The minimum absolute atomic E-state index is 0.609. The van der Waals surface area contributed by atoms with E-state index in [-0.39, 0.29) is 0 Å². The van der Waals surface area contributed by atoms with Crippen molar-refractivity contribution in [2.45, 2.75) is 4.34 Å². The van der Waals surface area contributed by atoms with Crippen molar-refractivity contribution in [1.29, 1.82) is 0 Å². The van der Waals surface area contributed by atoms with Gasteiger partial charge in [-0.25, -0.2) is 0 Å². The van der Waals surface area contributed by atoms with Gasteiger partial charge in [0.2, 0.25) is 0 Å². The van der Waals surface area contributed by atoms with E-state index in [2.05, 4.69) is 9.88 Å². The maximum absolute atomic E-state index is 12.3. The summed E-state index contributed by atoms with van der Waals surface area (Å²) in [5, 5.41) is 0.677. The van der Waals surface area contributed by atoms with Gasteiger partial charge >= 0.3 is 4.34 Å². The molecule has 0 bridgehead atoms. The summed E-state index contributed by atoms with van der Waals surface area (Å²) in [5.74, 6) is 0.609. The Morgan fingerprint density at radius 2 is 2.20 bits per heavy atom. The Morgan fingerprint density at radius 1 is 1.40 bits per heavy atom. The van der Waals surface area contributed by atoms with E-state index < -0.39 is 11.2 Å². The van der Waals surface area contributed by atoms with Gasteiger partial charge in [-0.1, -0.05) is 29.0 Å². The maximum Gasteiger partial charge on any atom is 0.302 e. The maximum atomic E-state index is 12.3. The summed E-state index contributed by atoms with van der Waals surface area (Å²) >= 11 is 6.50. The quantitative estimate of drug-likeness (QED) is 0.808. The second-order valence-corrected chi connectivity index (χ2v) is 7.72. The second kappa shape index (κ2) is 6.60. The van der Waals surface area contributed by atoms with Gasteiger partial charge in [-0.2, -0.15) is 4.98 Å². The normalized spacial score (nSPS) is 18.5. The molecule has 3 rings (SSSR count). The summed E-state index contributed by atoms with van der Waals surface area (Å²) in [6.45, 7) is 4.19. The Labute approximate surface area is 129 Å². The van der Waals surface area contributed by atoms with E-state index in [1.54, 1.807) is 0 Å². The number of hydrogen-bond acceptors (Lipinski definition) is 5. The van der Waals surface area contributed by atoms with E-state index in [1.165, 1.54) is 11.3 Å². The van der Waals surface area contributed by atoms with Gasteiger partial charge in [-0.3, -0.25) is 4.90 Å². The fourth-order valence-corrected chi connectivity index (χ4v) is 4.77. The molecule has 108 valence electrons. The lowest BCUT2D eigenvalue weighted by molar-refractivity contribution is 0.0408. The number of ether oxygens (including phenoxy) is 1. The molecule has 0 spiro atoms. The van der Waals surface area contributed by atoms with Crippen LogP contribution in [0.4, 0.5) is 0 Å². The Balaban J connectivity index is 1.65. The standard InChI is InChI=1S/C13H15ClN2O2S2/c14-10-2-1-3-11-12(10)19-13(15-11)20(17)9-6-16-4-7-18-8-5-16/h1-3H,4-9H2. The molecule has 1 aromatic heterocycles. The van der Waals surface area contributed by atoms with Crippen molar-refractivity contribution < 1.29 is 9.29 Å². The molecule has 7 heteroatoms. The van der Waals surface area contributed by atoms with E-state index in [4.69, 9.17) is 16.3 Å². The third kappa shape index (κ3) is 3.27. The predicted octanol–water partition coefficient (Wildman–Crippen LogP) is 2.39. The van der Waals surface area contributed by atoms with Crippen molar-refractivity contribution >= 4 is 44.3 Å². The molecule has 0 aliphatic carbocycles. The number of thiazole rings is 1. The molecule has 20 heavy (non-hydrogen) atoms. The topological polar surface area (TPSA) is 48.4 Å². The van der Waals surface area contributed by atoms with Crippen LogP contribution in [0.1, 0.15) is 0 Å². The van der Waals surface area contributed by atoms with Crippen LogP contribution in [0, 0.1) is 0 Å². The Hall–Kier alpha value is -0.370. The summed E-state index contributed by atoms with van der Waals surface area (Å²) in [4.78, 5) is 6.71. The van der Waals surface area contributed by atoms with Gasteiger partial charge in [-0.15, -0.1) is 0 Å². The van der Waals surface area contributed by atoms with Crippen LogP contribution >= 0.6 is 22.9 Å².